The Labute approximate surface area is 162 Å². The van der Waals surface area contributed by atoms with Crippen LogP contribution in [0.4, 0.5) is 0 Å². The van der Waals surface area contributed by atoms with Gasteiger partial charge in [0.15, 0.2) is 11.5 Å². The highest BCUT2D eigenvalue weighted by atomic mass is 16.7. The second-order valence-corrected chi connectivity index (χ2v) is 6.43. The molecule has 0 spiro atoms. The van der Waals surface area contributed by atoms with E-state index < -0.39 is 5.97 Å². The Morgan fingerprint density at radius 3 is 2.50 bits per heavy atom. The lowest BCUT2D eigenvalue weighted by Crippen LogP contribution is -2.28. The fraction of sp³-hybridized carbons (Fsp3) is 0.286. The van der Waals surface area contributed by atoms with Gasteiger partial charge in [-0.25, -0.2) is 4.79 Å². The number of carbonyl (C=O) groups is 1. The van der Waals surface area contributed by atoms with Crippen molar-refractivity contribution < 1.29 is 28.8 Å². The minimum Gasteiger partial charge on any atom is -0.490 e. The lowest BCUT2D eigenvalue weighted by Gasteiger charge is -2.19. The van der Waals surface area contributed by atoms with Gasteiger partial charge in [0, 0.05) is 12.6 Å². The molecule has 146 valence electrons. The molecular weight excluding hydrogens is 362 g/mol. The SMILES string of the molecule is O=C(O)C1=C(c2ccc(OCCOc3ccc4c(c3)OCO4)cc2)CCNC1. The standard InChI is InChI=1S/C21H21NO6/c23-21(24)18-12-22-8-7-17(18)14-1-3-15(4-2-14)25-9-10-26-16-5-6-19-20(11-16)28-13-27-19/h1-6,11,22H,7-10,12-13H2,(H,23,24). The van der Waals surface area contributed by atoms with Crippen molar-refractivity contribution in [2.24, 2.45) is 0 Å². The molecule has 0 saturated heterocycles. The molecule has 2 aliphatic rings. The van der Waals surface area contributed by atoms with E-state index in [9.17, 15) is 9.90 Å². The molecule has 2 aromatic rings. The third kappa shape index (κ3) is 4.04. The van der Waals surface area contributed by atoms with Gasteiger partial charge in [-0.1, -0.05) is 12.1 Å². The Balaban J connectivity index is 1.31. The number of hydrogen-bond donors (Lipinski definition) is 2. The second-order valence-electron chi connectivity index (χ2n) is 6.43. The van der Waals surface area contributed by atoms with Crippen LogP contribution in [0.15, 0.2) is 48.0 Å². The van der Waals surface area contributed by atoms with Crippen molar-refractivity contribution in [3.05, 3.63) is 53.6 Å². The monoisotopic (exact) mass is 383 g/mol. The van der Waals surface area contributed by atoms with Gasteiger partial charge in [-0.2, -0.15) is 0 Å². The molecule has 0 radical (unpaired) electrons. The molecule has 0 unspecified atom stereocenters. The molecule has 0 fully saturated rings. The lowest BCUT2D eigenvalue weighted by atomic mass is 9.94. The predicted octanol–water partition coefficient (Wildman–Crippen LogP) is 2.70. The first-order chi connectivity index (χ1) is 13.7. The Hall–Kier alpha value is -3.19. The Bertz CT molecular complexity index is 890. The number of rotatable bonds is 7. The highest BCUT2D eigenvalue weighted by molar-refractivity contribution is 5.97. The summed E-state index contributed by atoms with van der Waals surface area (Å²) in [5, 5.41) is 12.5. The molecule has 2 aromatic carbocycles. The van der Waals surface area contributed by atoms with E-state index in [1.54, 1.807) is 6.07 Å². The normalized spacial score (nSPS) is 15.4. The van der Waals surface area contributed by atoms with E-state index >= 15 is 0 Å². The van der Waals surface area contributed by atoms with Gasteiger partial charge in [-0.15, -0.1) is 0 Å². The highest BCUT2D eigenvalue weighted by Crippen LogP contribution is 2.35. The number of carboxylic acids is 1. The van der Waals surface area contributed by atoms with Crippen LogP contribution >= 0.6 is 0 Å². The van der Waals surface area contributed by atoms with Crippen LogP contribution in [-0.4, -0.2) is 44.2 Å². The maximum Gasteiger partial charge on any atom is 0.333 e. The molecule has 0 aliphatic carbocycles. The van der Waals surface area contributed by atoms with Crippen LogP contribution in [0, 0.1) is 0 Å². The van der Waals surface area contributed by atoms with Crippen LogP contribution < -0.4 is 24.3 Å². The van der Waals surface area contributed by atoms with Gasteiger partial charge in [0.1, 0.15) is 24.7 Å². The third-order valence-corrected chi connectivity index (χ3v) is 4.64. The molecule has 2 aliphatic heterocycles. The molecule has 4 rings (SSSR count). The van der Waals surface area contributed by atoms with Gasteiger partial charge in [0.2, 0.25) is 6.79 Å². The van der Waals surface area contributed by atoms with Gasteiger partial charge < -0.3 is 29.4 Å². The van der Waals surface area contributed by atoms with Crippen molar-refractivity contribution in [1.82, 2.24) is 5.32 Å². The zero-order valence-corrected chi connectivity index (χ0v) is 15.3. The minimum absolute atomic E-state index is 0.235. The summed E-state index contributed by atoms with van der Waals surface area (Å²) >= 11 is 0. The van der Waals surface area contributed by atoms with E-state index in [4.69, 9.17) is 18.9 Å². The van der Waals surface area contributed by atoms with Crippen LogP contribution in [0.5, 0.6) is 23.0 Å². The number of carboxylic acid groups (broad SMARTS) is 1. The third-order valence-electron chi connectivity index (χ3n) is 4.64. The smallest absolute Gasteiger partial charge is 0.333 e. The summed E-state index contributed by atoms with van der Waals surface area (Å²) in [4.78, 5) is 11.4. The first-order valence-electron chi connectivity index (χ1n) is 9.12. The minimum atomic E-state index is -0.872. The molecule has 28 heavy (non-hydrogen) atoms. The van der Waals surface area contributed by atoms with Crippen LogP contribution in [-0.2, 0) is 4.79 Å². The molecular formula is C21H21NO6. The topological polar surface area (TPSA) is 86.3 Å². The predicted molar refractivity (Wildman–Crippen MR) is 102 cm³/mol. The summed E-state index contributed by atoms with van der Waals surface area (Å²) in [5.74, 6) is 1.94. The van der Waals surface area contributed by atoms with Crippen molar-refractivity contribution in [3.63, 3.8) is 0 Å². The highest BCUT2D eigenvalue weighted by Gasteiger charge is 2.19. The molecule has 0 saturated carbocycles. The van der Waals surface area contributed by atoms with E-state index in [2.05, 4.69) is 5.32 Å². The molecule has 0 atom stereocenters. The zero-order valence-electron chi connectivity index (χ0n) is 15.3. The average molecular weight is 383 g/mol. The molecule has 0 aromatic heterocycles. The van der Waals surface area contributed by atoms with Crippen molar-refractivity contribution >= 4 is 11.5 Å². The lowest BCUT2D eigenvalue weighted by molar-refractivity contribution is -0.132. The van der Waals surface area contributed by atoms with Crippen LogP contribution in [0.1, 0.15) is 12.0 Å². The Morgan fingerprint density at radius 2 is 1.71 bits per heavy atom. The number of hydrogen-bond acceptors (Lipinski definition) is 6. The van der Waals surface area contributed by atoms with Gasteiger partial charge in [0.25, 0.3) is 0 Å². The van der Waals surface area contributed by atoms with Gasteiger partial charge >= 0.3 is 5.97 Å². The summed E-state index contributed by atoms with van der Waals surface area (Å²) in [6, 6.07) is 12.9. The summed E-state index contributed by atoms with van der Waals surface area (Å²) in [6.07, 6.45) is 0.700. The van der Waals surface area contributed by atoms with Crippen molar-refractivity contribution in [1.29, 1.82) is 0 Å². The van der Waals surface area contributed by atoms with Crippen LogP contribution in [0.3, 0.4) is 0 Å². The Morgan fingerprint density at radius 1 is 1.00 bits per heavy atom. The summed E-state index contributed by atoms with van der Waals surface area (Å²) in [5.41, 5.74) is 2.23. The van der Waals surface area contributed by atoms with E-state index in [1.165, 1.54) is 0 Å². The molecule has 2 heterocycles. The zero-order chi connectivity index (χ0) is 19.3. The van der Waals surface area contributed by atoms with E-state index in [0.717, 1.165) is 23.4 Å². The van der Waals surface area contributed by atoms with Gasteiger partial charge in [-0.05, 0) is 48.4 Å². The quantitative estimate of drug-likeness (QED) is 0.711. The van der Waals surface area contributed by atoms with E-state index in [1.807, 2.05) is 36.4 Å². The number of ether oxygens (including phenoxy) is 4. The first-order valence-corrected chi connectivity index (χ1v) is 9.12. The van der Waals surface area contributed by atoms with Crippen LogP contribution in [0.25, 0.3) is 5.57 Å². The molecule has 7 nitrogen and oxygen atoms in total. The largest absolute Gasteiger partial charge is 0.490 e. The maximum atomic E-state index is 11.4. The molecule has 0 bridgehead atoms. The van der Waals surface area contributed by atoms with Crippen LogP contribution in [0.2, 0.25) is 0 Å². The fourth-order valence-electron chi connectivity index (χ4n) is 3.25. The fourth-order valence-corrected chi connectivity index (χ4v) is 3.25. The molecule has 2 N–H and O–H groups in total. The summed E-state index contributed by atoms with van der Waals surface area (Å²) in [7, 11) is 0. The maximum absolute atomic E-state index is 11.4. The van der Waals surface area contributed by atoms with Crippen molar-refractivity contribution in [2.45, 2.75) is 6.42 Å². The number of nitrogens with one attached hydrogen (secondary N) is 1. The van der Waals surface area contributed by atoms with E-state index in [0.29, 0.717) is 49.0 Å². The number of fused-ring (bicyclic) bond motifs is 1. The van der Waals surface area contributed by atoms with Crippen molar-refractivity contribution in [2.75, 3.05) is 33.1 Å². The van der Waals surface area contributed by atoms with Crippen molar-refractivity contribution in [3.8, 4) is 23.0 Å². The number of benzene rings is 2. The van der Waals surface area contributed by atoms with Gasteiger partial charge in [-0.3, -0.25) is 0 Å². The molecule has 7 heteroatoms. The average Bonchev–Trinajstić information content (AvgIpc) is 3.19. The summed E-state index contributed by atoms with van der Waals surface area (Å²) < 4.78 is 22.0. The van der Waals surface area contributed by atoms with E-state index in [-0.39, 0.29) is 6.79 Å². The second kappa shape index (κ2) is 8.22. The number of aliphatic carboxylic acids is 1. The molecule has 0 amide bonds. The van der Waals surface area contributed by atoms with Gasteiger partial charge in [0.05, 0.1) is 5.57 Å². The Kier molecular flexibility index (Phi) is 5.34. The summed E-state index contributed by atoms with van der Waals surface area (Å²) in [6.45, 7) is 2.18. The first kappa shape index (κ1) is 18.2.